The van der Waals surface area contributed by atoms with Crippen molar-refractivity contribution in [2.45, 2.75) is 0 Å². The van der Waals surface area contributed by atoms with Gasteiger partial charge in [0.05, 0.1) is 22.3 Å². The maximum Gasteiger partial charge on any atom is 0.267 e. The van der Waals surface area contributed by atoms with Crippen molar-refractivity contribution in [2.75, 3.05) is 10.6 Å². The molecular weight excluding hydrogens is 347 g/mol. The molecule has 0 atom stereocenters. The predicted octanol–water partition coefficient (Wildman–Crippen LogP) is 4.32. The van der Waals surface area contributed by atoms with Crippen LogP contribution in [0.1, 0.15) is 5.56 Å². The summed E-state index contributed by atoms with van der Waals surface area (Å²) >= 11 is 11.8. The van der Waals surface area contributed by atoms with Gasteiger partial charge in [0.2, 0.25) is 0 Å². The highest BCUT2D eigenvalue weighted by Crippen LogP contribution is 2.25. The zero-order chi connectivity index (χ0) is 17.5. The second-order valence-corrected chi connectivity index (χ2v) is 5.43. The molecule has 2 rings (SSSR count). The van der Waals surface area contributed by atoms with E-state index in [1.54, 1.807) is 36.4 Å². The summed E-state index contributed by atoms with van der Waals surface area (Å²) in [5.74, 6) is -0.622. The van der Waals surface area contributed by atoms with Crippen molar-refractivity contribution in [3.63, 3.8) is 0 Å². The molecule has 2 aromatic carbocycles. The first-order valence-corrected chi connectivity index (χ1v) is 7.42. The summed E-state index contributed by atoms with van der Waals surface area (Å²) in [6.07, 6.45) is 1.27. The fourth-order valence-electron chi connectivity index (χ4n) is 1.73. The van der Waals surface area contributed by atoms with Crippen molar-refractivity contribution in [1.29, 1.82) is 10.5 Å². The number of hydrogen-bond acceptors (Lipinski definition) is 4. The highest BCUT2D eigenvalue weighted by atomic mass is 35.5. The number of carbonyl (C=O) groups excluding carboxylic acids is 1. The van der Waals surface area contributed by atoms with Gasteiger partial charge in [0.15, 0.2) is 0 Å². The van der Waals surface area contributed by atoms with E-state index in [1.165, 1.54) is 12.3 Å². The third-order valence-electron chi connectivity index (χ3n) is 2.94. The highest BCUT2D eigenvalue weighted by molar-refractivity contribution is 6.35. The molecule has 0 aliphatic rings. The van der Waals surface area contributed by atoms with Crippen molar-refractivity contribution in [3.8, 4) is 12.1 Å². The molecule has 0 aliphatic heterocycles. The van der Waals surface area contributed by atoms with E-state index in [1.807, 2.05) is 12.1 Å². The smallest absolute Gasteiger partial charge is 0.267 e. The molecule has 5 nitrogen and oxygen atoms in total. The Morgan fingerprint density at radius 3 is 2.42 bits per heavy atom. The minimum Gasteiger partial charge on any atom is -0.360 e. The molecular formula is C17H10Cl2N4O. The lowest BCUT2D eigenvalue weighted by molar-refractivity contribution is -0.112. The first-order chi connectivity index (χ1) is 11.5. The molecule has 7 heteroatoms. The molecule has 2 aromatic rings. The number of benzene rings is 2. The zero-order valence-corrected chi connectivity index (χ0v) is 13.7. The third-order valence-corrected chi connectivity index (χ3v) is 3.50. The van der Waals surface area contributed by atoms with Crippen molar-refractivity contribution in [2.24, 2.45) is 0 Å². The SMILES string of the molecule is N#C/C(=C/Nc1ccc(C#N)cc1)C(=O)Nc1cc(Cl)ccc1Cl. The van der Waals surface area contributed by atoms with Crippen LogP contribution in [0.5, 0.6) is 0 Å². The quantitative estimate of drug-likeness (QED) is 0.630. The van der Waals surface area contributed by atoms with Crippen molar-refractivity contribution >= 4 is 40.5 Å². The first kappa shape index (κ1) is 17.4. The molecule has 24 heavy (non-hydrogen) atoms. The van der Waals surface area contributed by atoms with Crippen LogP contribution >= 0.6 is 23.2 Å². The van der Waals surface area contributed by atoms with Crippen molar-refractivity contribution < 1.29 is 4.79 Å². The standard InChI is InChI=1S/C17H10Cl2N4O/c18-13-3-6-15(19)16(7-13)23-17(24)12(9-21)10-22-14-4-1-11(8-20)2-5-14/h1-7,10,22H,(H,23,24)/b12-10-. The number of rotatable bonds is 4. The van der Waals surface area contributed by atoms with Crippen LogP contribution in [-0.2, 0) is 4.79 Å². The van der Waals surface area contributed by atoms with Gasteiger partial charge in [-0.3, -0.25) is 4.79 Å². The summed E-state index contributed by atoms with van der Waals surface area (Å²) in [4.78, 5) is 12.1. The molecule has 118 valence electrons. The lowest BCUT2D eigenvalue weighted by atomic mass is 10.2. The van der Waals surface area contributed by atoms with Crippen LogP contribution < -0.4 is 10.6 Å². The number of anilines is 2. The lowest BCUT2D eigenvalue weighted by Gasteiger charge is -2.07. The average molecular weight is 357 g/mol. The van der Waals surface area contributed by atoms with E-state index >= 15 is 0 Å². The number of nitrogens with zero attached hydrogens (tertiary/aromatic N) is 2. The Morgan fingerprint density at radius 1 is 1.08 bits per heavy atom. The van der Waals surface area contributed by atoms with Gasteiger partial charge in [-0.2, -0.15) is 10.5 Å². The van der Waals surface area contributed by atoms with Crippen LogP contribution in [0.4, 0.5) is 11.4 Å². The first-order valence-electron chi connectivity index (χ1n) is 6.67. The molecule has 0 bridgehead atoms. The van der Waals surface area contributed by atoms with E-state index in [4.69, 9.17) is 33.7 Å². The van der Waals surface area contributed by atoms with Crippen molar-refractivity contribution in [3.05, 3.63) is 69.8 Å². The number of nitrogens with one attached hydrogen (secondary N) is 2. The Labute approximate surface area is 148 Å². The van der Waals surface area contributed by atoms with E-state index in [2.05, 4.69) is 10.6 Å². The van der Waals surface area contributed by atoms with E-state index in [0.717, 1.165) is 0 Å². The Kier molecular flexibility index (Phi) is 5.81. The summed E-state index contributed by atoms with van der Waals surface area (Å²) in [6, 6.07) is 15.0. The van der Waals surface area contributed by atoms with Crippen molar-refractivity contribution in [1.82, 2.24) is 0 Å². The van der Waals surface area contributed by atoms with E-state index in [0.29, 0.717) is 27.0 Å². The van der Waals surface area contributed by atoms with E-state index in [9.17, 15) is 4.79 Å². The fraction of sp³-hybridized carbons (Fsp3) is 0. The summed E-state index contributed by atoms with van der Waals surface area (Å²) in [5.41, 5.74) is 1.32. The van der Waals surface area contributed by atoms with Gasteiger partial charge in [-0.05, 0) is 42.5 Å². The number of halogens is 2. The zero-order valence-electron chi connectivity index (χ0n) is 12.2. The normalized spacial score (nSPS) is 10.4. The lowest BCUT2D eigenvalue weighted by Crippen LogP contribution is -2.14. The van der Waals surface area contributed by atoms with Crippen LogP contribution in [-0.4, -0.2) is 5.91 Å². The van der Waals surface area contributed by atoms with Crippen LogP contribution in [0.25, 0.3) is 0 Å². The number of carbonyl (C=O) groups is 1. The largest absolute Gasteiger partial charge is 0.360 e. The van der Waals surface area contributed by atoms with Crippen LogP contribution in [0.3, 0.4) is 0 Å². The van der Waals surface area contributed by atoms with Crippen LogP contribution in [0.15, 0.2) is 54.2 Å². The Morgan fingerprint density at radius 2 is 1.79 bits per heavy atom. The molecule has 0 aromatic heterocycles. The van der Waals surface area contributed by atoms with Gasteiger partial charge in [0.1, 0.15) is 11.6 Å². The average Bonchev–Trinajstić information content (AvgIpc) is 2.59. The molecule has 0 fully saturated rings. The van der Waals surface area contributed by atoms with Gasteiger partial charge in [0, 0.05) is 16.9 Å². The minimum absolute atomic E-state index is 0.143. The van der Waals surface area contributed by atoms with Gasteiger partial charge < -0.3 is 10.6 Å². The monoisotopic (exact) mass is 356 g/mol. The second-order valence-electron chi connectivity index (χ2n) is 4.58. The predicted molar refractivity (Wildman–Crippen MR) is 93.6 cm³/mol. The maximum absolute atomic E-state index is 12.1. The summed E-state index contributed by atoms with van der Waals surface area (Å²) in [6.45, 7) is 0. The van der Waals surface area contributed by atoms with Gasteiger partial charge >= 0.3 is 0 Å². The van der Waals surface area contributed by atoms with Gasteiger partial charge in [0.25, 0.3) is 5.91 Å². The highest BCUT2D eigenvalue weighted by Gasteiger charge is 2.11. The molecule has 0 spiro atoms. The molecule has 0 saturated heterocycles. The number of hydrogen-bond donors (Lipinski definition) is 2. The van der Waals surface area contributed by atoms with Crippen LogP contribution in [0.2, 0.25) is 10.0 Å². The topological polar surface area (TPSA) is 88.7 Å². The number of amides is 1. The number of nitriles is 2. The molecule has 0 heterocycles. The van der Waals surface area contributed by atoms with Gasteiger partial charge in [-0.15, -0.1) is 0 Å². The molecule has 2 N–H and O–H groups in total. The summed E-state index contributed by atoms with van der Waals surface area (Å²) in [7, 11) is 0. The second kappa shape index (κ2) is 8.03. The minimum atomic E-state index is -0.622. The molecule has 0 radical (unpaired) electrons. The molecule has 0 unspecified atom stereocenters. The van der Waals surface area contributed by atoms with Crippen LogP contribution in [0, 0.1) is 22.7 Å². The van der Waals surface area contributed by atoms with Gasteiger partial charge in [-0.1, -0.05) is 23.2 Å². The summed E-state index contributed by atoms with van der Waals surface area (Å²) in [5, 5.41) is 24.0. The van der Waals surface area contributed by atoms with E-state index < -0.39 is 5.91 Å². The molecule has 1 amide bonds. The Balaban J connectivity index is 2.12. The molecule has 0 saturated carbocycles. The van der Waals surface area contributed by atoms with Gasteiger partial charge in [-0.25, -0.2) is 0 Å². The third kappa shape index (κ3) is 4.50. The maximum atomic E-state index is 12.1. The van der Waals surface area contributed by atoms with E-state index in [-0.39, 0.29) is 5.57 Å². The Bertz CT molecular complexity index is 877. The Hall–Kier alpha value is -2.99. The fourth-order valence-corrected chi connectivity index (χ4v) is 2.06. The molecule has 0 aliphatic carbocycles. The summed E-state index contributed by atoms with van der Waals surface area (Å²) < 4.78 is 0.